The molecule has 0 amide bonds. The number of H-pyrrole nitrogens is 1. The zero-order valence-electron chi connectivity index (χ0n) is 6.13. The van der Waals surface area contributed by atoms with E-state index in [4.69, 9.17) is 0 Å². The van der Waals surface area contributed by atoms with E-state index in [0.29, 0.717) is 0 Å². The lowest BCUT2D eigenvalue weighted by Gasteiger charge is -1.95. The van der Waals surface area contributed by atoms with Gasteiger partial charge in [-0.1, -0.05) is 0 Å². The molecule has 0 bridgehead atoms. The molecular weight excluding hydrogens is 140 g/mol. The van der Waals surface area contributed by atoms with Crippen LogP contribution < -0.4 is 5.32 Å². The lowest BCUT2D eigenvalue weighted by molar-refractivity contribution is 1.30. The van der Waals surface area contributed by atoms with Gasteiger partial charge in [0.05, 0.1) is 23.6 Å². The zero-order chi connectivity index (χ0) is 7.68. The zero-order valence-corrected chi connectivity index (χ0v) is 6.13. The molecule has 0 aliphatic carbocycles. The van der Waals surface area contributed by atoms with Gasteiger partial charge in [0, 0.05) is 13.1 Å². The molecule has 2 N–H and O–H groups in total. The maximum Gasteiger partial charge on any atom is 0.127 e. The van der Waals surface area contributed by atoms with E-state index in [1.807, 2.05) is 13.1 Å². The molecule has 0 aliphatic rings. The Kier molecular flexibility index (Phi) is 1.25. The van der Waals surface area contributed by atoms with Gasteiger partial charge in [-0.05, 0) is 0 Å². The van der Waals surface area contributed by atoms with Crippen LogP contribution in [0.1, 0.15) is 0 Å². The molecule has 2 heterocycles. The fourth-order valence-corrected chi connectivity index (χ4v) is 0.971. The van der Waals surface area contributed by atoms with Gasteiger partial charge in [0.2, 0.25) is 0 Å². The van der Waals surface area contributed by atoms with Crippen LogP contribution in [-0.2, 0) is 0 Å². The van der Waals surface area contributed by atoms with Crippen LogP contribution >= 0.6 is 0 Å². The molecular formula is C7H8N4. The number of hydrogen-bond acceptors (Lipinski definition) is 3. The number of anilines is 1. The van der Waals surface area contributed by atoms with Crippen molar-refractivity contribution in [2.75, 3.05) is 12.4 Å². The lowest BCUT2D eigenvalue weighted by Crippen LogP contribution is -1.90. The Morgan fingerprint density at radius 2 is 2.36 bits per heavy atom. The fourth-order valence-electron chi connectivity index (χ4n) is 0.971. The van der Waals surface area contributed by atoms with E-state index in [0.717, 1.165) is 16.9 Å². The predicted octanol–water partition coefficient (Wildman–Crippen LogP) is 1.000. The summed E-state index contributed by atoms with van der Waals surface area (Å²) in [7, 11) is 1.83. The molecule has 2 rings (SSSR count). The Morgan fingerprint density at radius 3 is 3.18 bits per heavy atom. The van der Waals surface area contributed by atoms with Gasteiger partial charge in [-0.2, -0.15) is 0 Å². The topological polar surface area (TPSA) is 53.6 Å². The van der Waals surface area contributed by atoms with Crippen LogP contribution in [0, 0.1) is 0 Å². The molecule has 56 valence electrons. The van der Waals surface area contributed by atoms with E-state index in [9.17, 15) is 0 Å². The summed E-state index contributed by atoms with van der Waals surface area (Å²) in [5.41, 5.74) is 1.90. The molecule has 11 heavy (non-hydrogen) atoms. The summed E-state index contributed by atoms with van der Waals surface area (Å²) in [5, 5.41) is 2.94. The highest BCUT2D eigenvalue weighted by Crippen LogP contribution is 2.10. The molecule has 0 saturated heterocycles. The number of hydrogen-bond donors (Lipinski definition) is 2. The van der Waals surface area contributed by atoms with Crippen molar-refractivity contribution < 1.29 is 0 Å². The number of fused-ring (bicyclic) bond motifs is 1. The minimum Gasteiger partial charge on any atom is -0.373 e. The number of imidazole rings is 1. The molecule has 0 fully saturated rings. The summed E-state index contributed by atoms with van der Waals surface area (Å²) in [6, 6.07) is 1.89. The van der Waals surface area contributed by atoms with Gasteiger partial charge in [0.15, 0.2) is 0 Å². The van der Waals surface area contributed by atoms with Gasteiger partial charge >= 0.3 is 0 Å². The highest BCUT2D eigenvalue weighted by Gasteiger charge is 1.96. The fraction of sp³-hybridized carbons (Fsp3) is 0.143. The highest BCUT2D eigenvalue weighted by molar-refractivity contribution is 5.76. The van der Waals surface area contributed by atoms with Crippen LogP contribution in [0.2, 0.25) is 0 Å². The van der Waals surface area contributed by atoms with Gasteiger partial charge in [-0.15, -0.1) is 0 Å². The Morgan fingerprint density at radius 1 is 1.45 bits per heavy atom. The van der Waals surface area contributed by atoms with Gasteiger partial charge in [-0.25, -0.2) is 9.97 Å². The van der Waals surface area contributed by atoms with Crippen molar-refractivity contribution in [3.05, 3.63) is 18.6 Å². The summed E-state index contributed by atoms with van der Waals surface area (Å²) < 4.78 is 0. The largest absolute Gasteiger partial charge is 0.373 e. The molecule has 0 saturated carbocycles. The van der Waals surface area contributed by atoms with E-state index in [2.05, 4.69) is 20.3 Å². The average molecular weight is 148 g/mol. The van der Waals surface area contributed by atoms with Gasteiger partial charge in [0.25, 0.3) is 0 Å². The van der Waals surface area contributed by atoms with E-state index in [-0.39, 0.29) is 0 Å². The van der Waals surface area contributed by atoms with E-state index >= 15 is 0 Å². The second-order valence-corrected chi connectivity index (χ2v) is 2.24. The smallest absolute Gasteiger partial charge is 0.127 e. The number of rotatable bonds is 1. The van der Waals surface area contributed by atoms with Gasteiger partial charge in [0.1, 0.15) is 5.82 Å². The van der Waals surface area contributed by atoms with E-state index in [1.165, 1.54) is 0 Å². The van der Waals surface area contributed by atoms with E-state index in [1.54, 1.807) is 12.5 Å². The minimum absolute atomic E-state index is 0.838. The standard InChI is InChI=1S/C7H8N4/c1-8-7-2-5-6(3-9-7)11-4-10-5/h2-4H,1H3,(H,8,9)(H,10,11). The van der Waals surface area contributed by atoms with Crippen LogP contribution in [0.5, 0.6) is 0 Å². The molecule has 4 heteroatoms. The first kappa shape index (κ1) is 6.15. The number of pyridine rings is 1. The predicted molar refractivity (Wildman–Crippen MR) is 43.4 cm³/mol. The number of aromatic nitrogens is 3. The van der Waals surface area contributed by atoms with Crippen LogP contribution in [0.15, 0.2) is 18.6 Å². The Bertz CT molecular complexity index is 365. The summed E-state index contributed by atoms with van der Waals surface area (Å²) in [4.78, 5) is 11.2. The number of aromatic amines is 1. The second kappa shape index (κ2) is 2.23. The normalized spacial score (nSPS) is 10.3. The Labute approximate surface area is 63.7 Å². The van der Waals surface area contributed by atoms with Crippen molar-refractivity contribution in [3.8, 4) is 0 Å². The first-order valence-electron chi connectivity index (χ1n) is 3.37. The van der Waals surface area contributed by atoms with Crippen molar-refractivity contribution in [2.45, 2.75) is 0 Å². The summed E-state index contributed by atoms with van der Waals surface area (Å²) >= 11 is 0. The monoisotopic (exact) mass is 148 g/mol. The van der Waals surface area contributed by atoms with E-state index < -0.39 is 0 Å². The summed E-state index contributed by atoms with van der Waals surface area (Å²) in [6.07, 6.45) is 3.42. The quantitative estimate of drug-likeness (QED) is 0.634. The third-order valence-electron chi connectivity index (χ3n) is 1.56. The molecule has 0 aromatic carbocycles. The Balaban J connectivity index is 2.67. The minimum atomic E-state index is 0.838. The Hall–Kier alpha value is -1.58. The molecule has 2 aromatic heterocycles. The summed E-state index contributed by atoms with van der Waals surface area (Å²) in [6.45, 7) is 0. The maximum atomic E-state index is 4.12. The van der Waals surface area contributed by atoms with Crippen molar-refractivity contribution in [2.24, 2.45) is 0 Å². The molecule has 2 aromatic rings. The third-order valence-corrected chi connectivity index (χ3v) is 1.56. The molecule has 0 unspecified atom stereocenters. The molecule has 0 atom stereocenters. The highest BCUT2D eigenvalue weighted by atomic mass is 15.0. The molecule has 0 radical (unpaired) electrons. The van der Waals surface area contributed by atoms with Crippen molar-refractivity contribution in [1.29, 1.82) is 0 Å². The van der Waals surface area contributed by atoms with Crippen LogP contribution in [0.25, 0.3) is 11.0 Å². The maximum absolute atomic E-state index is 4.12. The van der Waals surface area contributed by atoms with Crippen molar-refractivity contribution in [1.82, 2.24) is 15.0 Å². The molecule has 0 spiro atoms. The lowest BCUT2D eigenvalue weighted by atomic mass is 10.4. The second-order valence-electron chi connectivity index (χ2n) is 2.24. The first-order chi connectivity index (χ1) is 5.40. The number of nitrogens with zero attached hydrogens (tertiary/aromatic N) is 2. The number of nitrogens with one attached hydrogen (secondary N) is 2. The molecule has 4 nitrogen and oxygen atoms in total. The average Bonchev–Trinajstić information content (AvgIpc) is 2.50. The first-order valence-corrected chi connectivity index (χ1v) is 3.37. The molecule has 0 aliphatic heterocycles. The third kappa shape index (κ3) is 0.920. The van der Waals surface area contributed by atoms with Crippen LogP contribution in [-0.4, -0.2) is 22.0 Å². The van der Waals surface area contributed by atoms with Crippen LogP contribution in [0.4, 0.5) is 5.82 Å². The van der Waals surface area contributed by atoms with Gasteiger partial charge in [-0.3, -0.25) is 0 Å². The van der Waals surface area contributed by atoms with Crippen molar-refractivity contribution >= 4 is 16.9 Å². The van der Waals surface area contributed by atoms with Gasteiger partial charge < -0.3 is 10.3 Å². The SMILES string of the molecule is CNc1cc2nc[nH]c2cn1. The van der Waals surface area contributed by atoms with Crippen molar-refractivity contribution in [3.63, 3.8) is 0 Å². The summed E-state index contributed by atoms with van der Waals surface area (Å²) in [5.74, 6) is 0.838. The van der Waals surface area contributed by atoms with Crippen LogP contribution in [0.3, 0.4) is 0 Å².